The molecule has 0 bridgehead atoms. The van der Waals surface area contributed by atoms with Gasteiger partial charge in [-0.15, -0.1) is 0 Å². The van der Waals surface area contributed by atoms with E-state index in [1.807, 2.05) is 21.1 Å². The largest absolute Gasteiger partial charge is 0.472 e. The topological polar surface area (TPSA) is 91.3 Å². The number of carbonyl (C=O) groups excluding carboxylic acids is 1. The molecule has 0 aliphatic rings. The van der Waals surface area contributed by atoms with Crippen LogP contribution in [0, 0.1) is 0 Å². The minimum atomic E-state index is -4.28. The Morgan fingerprint density at radius 1 is 0.403 bits per heavy atom. The first-order chi connectivity index (χ1) is 32.6. The van der Waals surface area contributed by atoms with Gasteiger partial charge in [0.25, 0.3) is 0 Å². The van der Waals surface area contributed by atoms with E-state index in [9.17, 15) is 14.3 Å². The van der Waals surface area contributed by atoms with Crippen LogP contribution in [0.15, 0.2) is 0 Å². The van der Waals surface area contributed by atoms with Crippen molar-refractivity contribution in [1.29, 1.82) is 0 Å². The highest BCUT2D eigenvalue weighted by Crippen LogP contribution is 2.43. The van der Waals surface area contributed by atoms with Crippen LogP contribution in [0.1, 0.15) is 309 Å². The third kappa shape index (κ3) is 56.3. The summed E-state index contributed by atoms with van der Waals surface area (Å²) in [7, 11) is 1.69. The molecule has 67 heavy (non-hydrogen) atoms. The maximum Gasteiger partial charge on any atom is 0.472 e. The van der Waals surface area contributed by atoms with Crippen molar-refractivity contribution in [2.75, 3.05) is 54.1 Å². The number of ether oxygens (including phenoxy) is 2. The molecular formula is C58H119NO7P+. The molecule has 2 unspecified atom stereocenters. The first-order valence-electron chi connectivity index (χ1n) is 29.8. The number of carbonyl (C=O) groups is 1. The molecule has 0 aromatic rings. The van der Waals surface area contributed by atoms with Crippen LogP contribution in [0.25, 0.3) is 0 Å². The van der Waals surface area contributed by atoms with E-state index in [2.05, 4.69) is 13.8 Å². The lowest BCUT2D eigenvalue weighted by Crippen LogP contribution is -2.37. The molecule has 0 rings (SSSR count). The third-order valence-electron chi connectivity index (χ3n) is 13.7. The molecule has 1 N–H and O–H groups in total. The molecule has 8 nitrogen and oxygen atoms in total. The Balaban J connectivity index is 3.99. The average Bonchev–Trinajstić information content (AvgIpc) is 3.29. The fourth-order valence-corrected chi connectivity index (χ4v) is 9.83. The number of likely N-dealkylation sites (N-methyl/N-ethyl adjacent to an activating group) is 1. The second-order valence-corrected chi connectivity index (χ2v) is 23.2. The van der Waals surface area contributed by atoms with Crippen LogP contribution < -0.4 is 0 Å². The van der Waals surface area contributed by atoms with Crippen molar-refractivity contribution in [2.24, 2.45) is 0 Å². The number of hydrogen-bond acceptors (Lipinski definition) is 6. The molecule has 0 saturated heterocycles. The van der Waals surface area contributed by atoms with E-state index in [1.54, 1.807) is 0 Å². The predicted octanol–water partition coefficient (Wildman–Crippen LogP) is 18.7. The van der Waals surface area contributed by atoms with Crippen LogP contribution in [-0.4, -0.2) is 75.6 Å². The summed E-state index contributed by atoms with van der Waals surface area (Å²) in [5.74, 6) is -0.302. The first-order valence-corrected chi connectivity index (χ1v) is 31.3. The molecule has 0 aromatic heterocycles. The molecule has 0 aromatic carbocycles. The monoisotopic (exact) mass is 973 g/mol. The van der Waals surface area contributed by atoms with Crippen LogP contribution in [-0.2, 0) is 27.9 Å². The molecule has 402 valence electrons. The summed E-state index contributed by atoms with van der Waals surface area (Å²) in [5, 5.41) is 0. The molecule has 9 heteroatoms. The van der Waals surface area contributed by atoms with Crippen LogP contribution in [0.5, 0.6) is 0 Å². The van der Waals surface area contributed by atoms with Gasteiger partial charge >= 0.3 is 13.8 Å². The summed E-state index contributed by atoms with van der Waals surface area (Å²) in [6.07, 6.45) is 60.3. The van der Waals surface area contributed by atoms with Gasteiger partial charge in [-0.05, 0) is 12.8 Å². The van der Waals surface area contributed by atoms with E-state index in [0.29, 0.717) is 24.1 Å². The van der Waals surface area contributed by atoms with Crippen molar-refractivity contribution in [3.05, 3.63) is 0 Å². The molecule has 0 saturated carbocycles. The normalized spacial score (nSPS) is 13.3. The van der Waals surface area contributed by atoms with Gasteiger partial charge in [-0.25, -0.2) is 4.57 Å². The van der Waals surface area contributed by atoms with Crippen LogP contribution >= 0.6 is 7.82 Å². The van der Waals surface area contributed by atoms with Crippen molar-refractivity contribution < 1.29 is 37.3 Å². The van der Waals surface area contributed by atoms with Gasteiger partial charge in [-0.2, -0.15) is 0 Å². The molecule has 0 radical (unpaired) electrons. The quantitative estimate of drug-likeness (QED) is 0.0281. The molecular weight excluding hydrogens is 854 g/mol. The van der Waals surface area contributed by atoms with E-state index >= 15 is 0 Å². The van der Waals surface area contributed by atoms with E-state index in [1.165, 1.54) is 257 Å². The average molecular weight is 974 g/mol. The lowest BCUT2D eigenvalue weighted by molar-refractivity contribution is -0.870. The number of esters is 1. The van der Waals surface area contributed by atoms with Crippen molar-refractivity contribution >= 4 is 13.8 Å². The van der Waals surface area contributed by atoms with Crippen molar-refractivity contribution in [3.63, 3.8) is 0 Å². The van der Waals surface area contributed by atoms with Gasteiger partial charge in [-0.1, -0.05) is 290 Å². The Bertz CT molecular complexity index is 1040. The number of phosphoric ester groups is 1. The zero-order valence-corrected chi connectivity index (χ0v) is 46.8. The number of quaternary nitrogens is 1. The molecule has 0 spiro atoms. The van der Waals surface area contributed by atoms with Crippen LogP contribution in [0.4, 0.5) is 0 Å². The first kappa shape index (κ1) is 66.5. The molecule has 0 aliphatic carbocycles. The highest BCUT2D eigenvalue weighted by Gasteiger charge is 2.26. The Kier molecular flexibility index (Phi) is 51.5. The Labute approximate surface area is 418 Å². The third-order valence-corrected chi connectivity index (χ3v) is 14.7. The van der Waals surface area contributed by atoms with E-state index in [4.69, 9.17) is 18.5 Å². The van der Waals surface area contributed by atoms with Crippen LogP contribution in [0.2, 0.25) is 0 Å². The Morgan fingerprint density at radius 2 is 0.687 bits per heavy atom. The summed E-state index contributed by atoms with van der Waals surface area (Å²) in [6, 6.07) is 0. The predicted molar refractivity (Wildman–Crippen MR) is 289 cm³/mol. The highest BCUT2D eigenvalue weighted by molar-refractivity contribution is 7.47. The summed E-state index contributed by atoms with van der Waals surface area (Å²) < 4.78 is 35.3. The standard InChI is InChI=1S/C58H118NO7P/c1-6-8-10-12-14-16-18-20-22-24-26-28-30-32-34-36-38-40-42-44-46-48-50-53-63-55-57(56-65-67(61,62)64-54-52-59(3,4)5)66-58(60)51-49-47-45-43-41-39-37-35-33-31-29-27-25-23-21-19-17-15-13-11-9-7-2/h57H,6-56H2,1-5H3/p+1. The van der Waals surface area contributed by atoms with Crippen LogP contribution in [0.3, 0.4) is 0 Å². The molecule has 0 amide bonds. The van der Waals surface area contributed by atoms with Gasteiger partial charge < -0.3 is 18.9 Å². The molecule has 0 aliphatic heterocycles. The maximum absolute atomic E-state index is 12.8. The van der Waals surface area contributed by atoms with Crippen molar-refractivity contribution in [1.82, 2.24) is 0 Å². The smallest absolute Gasteiger partial charge is 0.457 e. The molecule has 0 fully saturated rings. The van der Waals surface area contributed by atoms with E-state index in [0.717, 1.165) is 32.1 Å². The number of hydrogen-bond donors (Lipinski definition) is 1. The van der Waals surface area contributed by atoms with Gasteiger partial charge in [0.2, 0.25) is 0 Å². The fraction of sp³-hybridized carbons (Fsp3) is 0.983. The zero-order chi connectivity index (χ0) is 49.0. The molecule has 0 heterocycles. The SMILES string of the molecule is CCCCCCCCCCCCCCCCCCCCCCCCCOCC(COP(=O)(O)OCC[N+](C)(C)C)OC(=O)CCCCCCCCCCCCCCCCCCCCCCCC. The Hall–Kier alpha value is -0.500. The zero-order valence-electron chi connectivity index (χ0n) is 45.9. The summed E-state index contributed by atoms with van der Waals surface area (Å²) in [5.41, 5.74) is 0. The Morgan fingerprint density at radius 3 is 0.985 bits per heavy atom. The maximum atomic E-state index is 12.8. The number of phosphoric acid groups is 1. The minimum absolute atomic E-state index is 0.0945. The highest BCUT2D eigenvalue weighted by atomic mass is 31.2. The second kappa shape index (κ2) is 51.8. The number of rotatable bonds is 57. The van der Waals surface area contributed by atoms with Crippen molar-refractivity contribution in [3.8, 4) is 0 Å². The van der Waals surface area contributed by atoms with Gasteiger partial charge in [-0.3, -0.25) is 13.8 Å². The fourth-order valence-electron chi connectivity index (χ4n) is 9.09. The minimum Gasteiger partial charge on any atom is -0.457 e. The second-order valence-electron chi connectivity index (χ2n) is 21.8. The lowest BCUT2D eigenvalue weighted by atomic mass is 10.0. The van der Waals surface area contributed by atoms with Gasteiger partial charge in [0, 0.05) is 13.0 Å². The van der Waals surface area contributed by atoms with E-state index in [-0.39, 0.29) is 25.8 Å². The van der Waals surface area contributed by atoms with E-state index < -0.39 is 13.9 Å². The number of unbranched alkanes of at least 4 members (excludes halogenated alkanes) is 43. The van der Waals surface area contributed by atoms with Gasteiger partial charge in [0.15, 0.2) is 0 Å². The summed E-state index contributed by atoms with van der Waals surface area (Å²) in [4.78, 5) is 23.1. The van der Waals surface area contributed by atoms with Crippen molar-refractivity contribution in [2.45, 2.75) is 315 Å². The summed E-state index contributed by atoms with van der Waals surface area (Å²) >= 11 is 0. The van der Waals surface area contributed by atoms with Gasteiger partial charge in [0.05, 0.1) is 34.4 Å². The lowest BCUT2D eigenvalue weighted by Gasteiger charge is -2.24. The number of nitrogens with zero attached hydrogens (tertiary/aromatic N) is 1. The van der Waals surface area contributed by atoms with Gasteiger partial charge in [0.1, 0.15) is 19.3 Å². The summed E-state index contributed by atoms with van der Waals surface area (Å²) in [6.45, 7) is 5.72. The molecule has 2 atom stereocenters.